The molecule has 0 radical (unpaired) electrons. The summed E-state index contributed by atoms with van der Waals surface area (Å²) in [7, 11) is 1.42. The van der Waals surface area contributed by atoms with Gasteiger partial charge in [0.2, 0.25) is 0 Å². The van der Waals surface area contributed by atoms with Gasteiger partial charge in [0, 0.05) is 10.2 Å². The molecular formula is C16H14BrN3O4. The van der Waals surface area contributed by atoms with Gasteiger partial charge in [-0.15, -0.1) is 0 Å². The number of anilines is 1. The van der Waals surface area contributed by atoms with E-state index < -0.39 is 11.8 Å². The Balaban J connectivity index is 1.92. The predicted molar refractivity (Wildman–Crippen MR) is 93.2 cm³/mol. The quantitative estimate of drug-likeness (QED) is 0.422. The highest BCUT2D eigenvalue weighted by Gasteiger charge is 2.12. The first-order valence-corrected chi connectivity index (χ1v) is 7.56. The van der Waals surface area contributed by atoms with Gasteiger partial charge in [-0.1, -0.05) is 15.9 Å². The highest BCUT2D eigenvalue weighted by molar-refractivity contribution is 9.10. The van der Waals surface area contributed by atoms with Gasteiger partial charge in [-0.05, 0) is 48.0 Å². The fraction of sp³-hybridized carbons (Fsp3) is 0.0625. The zero-order valence-electron chi connectivity index (χ0n) is 12.6. The Morgan fingerprint density at radius 3 is 2.54 bits per heavy atom. The van der Waals surface area contributed by atoms with Crippen molar-refractivity contribution in [1.29, 1.82) is 0 Å². The lowest BCUT2D eigenvalue weighted by Crippen LogP contribution is -2.32. The number of benzene rings is 2. The van der Waals surface area contributed by atoms with Crippen LogP contribution >= 0.6 is 15.9 Å². The van der Waals surface area contributed by atoms with Crippen LogP contribution in [0.1, 0.15) is 5.56 Å². The molecule has 0 fully saturated rings. The molecule has 0 spiro atoms. The fourth-order valence-electron chi connectivity index (χ4n) is 1.71. The van der Waals surface area contributed by atoms with Crippen molar-refractivity contribution in [3.05, 3.63) is 52.5 Å². The Bertz CT molecular complexity index is 775. The van der Waals surface area contributed by atoms with Crippen LogP contribution in [0.4, 0.5) is 5.69 Å². The number of nitrogens with zero attached hydrogens (tertiary/aromatic N) is 1. The largest absolute Gasteiger partial charge is 0.504 e. The summed E-state index contributed by atoms with van der Waals surface area (Å²) in [5.74, 6) is -1.47. The normalized spacial score (nSPS) is 10.4. The minimum Gasteiger partial charge on any atom is -0.504 e. The summed E-state index contributed by atoms with van der Waals surface area (Å²) in [6.07, 6.45) is 1.33. The van der Waals surface area contributed by atoms with E-state index >= 15 is 0 Å². The minimum atomic E-state index is -0.903. The Hall–Kier alpha value is -2.87. The van der Waals surface area contributed by atoms with Crippen LogP contribution in [0.25, 0.3) is 0 Å². The number of hydrazone groups is 1. The number of amides is 2. The number of aromatic hydroxyl groups is 1. The van der Waals surface area contributed by atoms with E-state index in [4.69, 9.17) is 4.74 Å². The molecular weight excluding hydrogens is 378 g/mol. The third-order valence-corrected chi connectivity index (χ3v) is 3.42. The summed E-state index contributed by atoms with van der Waals surface area (Å²) in [5, 5.41) is 15.6. The molecule has 8 heteroatoms. The van der Waals surface area contributed by atoms with Gasteiger partial charge in [-0.2, -0.15) is 5.10 Å². The number of nitrogens with one attached hydrogen (secondary N) is 2. The smallest absolute Gasteiger partial charge is 0.329 e. The van der Waals surface area contributed by atoms with Crippen molar-refractivity contribution in [2.45, 2.75) is 0 Å². The number of hydrogen-bond donors (Lipinski definition) is 3. The molecule has 0 aliphatic carbocycles. The van der Waals surface area contributed by atoms with E-state index in [9.17, 15) is 14.7 Å². The van der Waals surface area contributed by atoms with E-state index in [0.29, 0.717) is 11.3 Å². The highest BCUT2D eigenvalue weighted by atomic mass is 79.9. The second-order valence-corrected chi connectivity index (χ2v) is 5.51. The van der Waals surface area contributed by atoms with E-state index in [1.54, 1.807) is 30.3 Å². The van der Waals surface area contributed by atoms with E-state index in [1.165, 1.54) is 25.5 Å². The molecule has 0 atom stereocenters. The van der Waals surface area contributed by atoms with Gasteiger partial charge < -0.3 is 15.2 Å². The minimum absolute atomic E-state index is 0.00689. The van der Waals surface area contributed by atoms with Crippen LogP contribution in [0.3, 0.4) is 0 Å². The number of methoxy groups -OCH3 is 1. The van der Waals surface area contributed by atoms with Gasteiger partial charge in [0.05, 0.1) is 13.3 Å². The van der Waals surface area contributed by atoms with Crippen molar-refractivity contribution in [1.82, 2.24) is 5.43 Å². The van der Waals surface area contributed by atoms with E-state index in [2.05, 4.69) is 31.8 Å². The molecule has 7 nitrogen and oxygen atoms in total. The first kappa shape index (κ1) is 17.5. The number of phenolic OH excluding ortho intramolecular Hbond substituents is 1. The highest BCUT2D eigenvalue weighted by Crippen LogP contribution is 2.25. The first-order valence-electron chi connectivity index (χ1n) is 6.76. The molecule has 0 saturated carbocycles. The lowest BCUT2D eigenvalue weighted by atomic mass is 10.2. The Kier molecular flexibility index (Phi) is 5.91. The molecule has 0 bridgehead atoms. The van der Waals surface area contributed by atoms with Crippen LogP contribution in [0, 0.1) is 0 Å². The number of carbonyl (C=O) groups is 2. The maximum Gasteiger partial charge on any atom is 0.329 e. The molecule has 2 aromatic carbocycles. The molecule has 24 heavy (non-hydrogen) atoms. The van der Waals surface area contributed by atoms with Crippen LogP contribution in [0.15, 0.2) is 52.0 Å². The molecule has 0 heterocycles. The monoisotopic (exact) mass is 391 g/mol. The van der Waals surface area contributed by atoms with E-state index in [-0.39, 0.29) is 11.5 Å². The number of halogens is 1. The molecule has 2 aromatic rings. The van der Waals surface area contributed by atoms with Crippen molar-refractivity contribution in [2.24, 2.45) is 5.10 Å². The molecule has 0 aliphatic heterocycles. The average molecular weight is 392 g/mol. The summed E-state index contributed by atoms with van der Waals surface area (Å²) in [6.45, 7) is 0. The predicted octanol–water partition coefficient (Wildman–Crippen LogP) is 2.25. The Morgan fingerprint density at radius 1 is 1.17 bits per heavy atom. The Labute approximate surface area is 146 Å². The van der Waals surface area contributed by atoms with Crippen LogP contribution < -0.4 is 15.5 Å². The van der Waals surface area contributed by atoms with Crippen LogP contribution in [0.2, 0.25) is 0 Å². The van der Waals surface area contributed by atoms with Gasteiger partial charge in [-0.25, -0.2) is 5.43 Å². The third kappa shape index (κ3) is 4.82. The fourth-order valence-corrected chi connectivity index (χ4v) is 1.98. The summed E-state index contributed by atoms with van der Waals surface area (Å²) in [5.41, 5.74) is 3.19. The van der Waals surface area contributed by atoms with E-state index in [1.807, 2.05) is 0 Å². The van der Waals surface area contributed by atoms with Gasteiger partial charge in [0.25, 0.3) is 0 Å². The molecule has 2 rings (SSSR count). The van der Waals surface area contributed by atoms with Crippen LogP contribution in [-0.2, 0) is 9.59 Å². The van der Waals surface area contributed by atoms with Crippen molar-refractivity contribution < 1.29 is 19.4 Å². The van der Waals surface area contributed by atoms with Crippen molar-refractivity contribution in [3.8, 4) is 11.5 Å². The number of phenols is 1. The molecule has 0 aliphatic rings. The number of ether oxygens (including phenoxy) is 1. The second kappa shape index (κ2) is 8.11. The lowest BCUT2D eigenvalue weighted by molar-refractivity contribution is -0.136. The molecule has 3 N–H and O–H groups in total. The zero-order chi connectivity index (χ0) is 17.5. The van der Waals surface area contributed by atoms with Crippen LogP contribution in [0.5, 0.6) is 11.5 Å². The maximum atomic E-state index is 11.7. The van der Waals surface area contributed by atoms with Gasteiger partial charge in [0.1, 0.15) is 0 Å². The SMILES string of the molecule is COc1cc(/C=N\NC(=O)C(=O)Nc2ccc(Br)cc2)ccc1O. The first-order chi connectivity index (χ1) is 11.5. The van der Waals surface area contributed by atoms with Gasteiger partial charge in [0.15, 0.2) is 11.5 Å². The summed E-state index contributed by atoms with van der Waals surface area (Å²) in [4.78, 5) is 23.4. The molecule has 2 amide bonds. The van der Waals surface area contributed by atoms with E-state index in [0.717, 1.165) is 4.47 Å². The maximum absolute atomic E-state index is 11.7. The summed E-state index contributed by atoms with van der Waals surface area (Å²) >= 11 is 3.28. The molecule has 0 unspecified atom stereocenters. The topological polar surface area (TPSA) is 100 Å². The second-order valence-electron chi connectivity index (χ2n) is 4.59. The Morgan fingerprint density at radius 2 is 1.88 bits per heavy atom. The number of rotatable bonds is 4. The number of hydrogen-bond acceptors (Lipinski definition) is 5. The van der Waals surface area contributed by atoms with Crippen molar-refractivity contribution in [3.63, 3.8) is 0 Å². The van der Waals surface area contributed by atoms with Gasteiger partial charge in [-0.3, -0.25) is 9.59 Å². The lowest BCUT2D eigenvalue weighted by Gasteiger charge is -2.04. The molecule has 0 saturated heterocycles. The zero-order valence-corrected chi connectivity index (χ0v) is 14.2. The van der Waals surface area contributed by atoms with Crippen molar-refractivity contribution in [2.75, 3.05) is 12.4 Å². The standard InChI is InChI=1S/C16H14BrN3O4/c1-24-14-8-10(2-7-13(14)21)9-18-20-16(23)15(22)19-12-5-3-11(17)4-6-12/h2-9,21H,1H3,(H,19,22)(H,20,23)/b18-9-. The van der Waals surface area contributed by atoms with Crippen LogP contribution in [-0.4, -0.2) is 30.2 Å². The summed E-state index contributed by atoms with van der Waals surface area (Å²) in [6, 6.07) is 11.3. The third-order valence-electron chi connectivity index (χ3n) is 2.89. The molecule has 124 valence electrons. The average Bonchev–Trinajstić information content (AvgIpc) is 2.58. The molecule has 0 aromatic heterocycles. The van der Waals surface area contributed by atoms with Crippen molar-refractivity contribution >= 4 is 39.6 Å². The van der Waals surface area contributed by atoms with Gasteiger partial charge >= 0.3 is 11.8 Å². The summed E-state index contributed by atoms with van der Waals surface area (Å²) < 4.78 is 5.82. The number of carbonyl (C=O) groups excluding carboxylic acids is 2.